The second-order valence-corrected chi connectivity index (χ2v) is 6.94. The predicted molar refractivity (Wildman–Crippen MR) is 104 cm³/mol. The Hall–Kier alpha value is -3.02. The first-order valence-corrected chi connectivity index (χ1v) is 9.26. The molecule has 140 valence electrons. The second-order valence-electron chi connectivity index (χ2n) is 6.94. The van der Waals surface area contributed by atoms with Gasteiger partial charge in [-0.05, 0) is 36.6 Å². The molecule has 2 aliphatic rings. The van der Waals surface area contributed by atoms with Crippen LogP contribution in [0.5, 0.6) is 5.75 Å². The van der Waals surface area contributed by atoms with Crippen LogP contribution >= 0.6 is 0 Å². The van der Waals surface area contributed by atoms with Crippen LogP contribution in [0.15, 0.2) is 48.5 Å². The highest BCUT2D eigenvalue weighted by Gasteiger charge is 2.33. The Bertz CT molecular complexity index is 867. The fourth-order valence-corrected chi connectivity index (χ4v) is 3.83. The summed E-state index contributed by atoms with van der Waals surface area (Å²) in [7, 11) is 1.60. The van der Waals surface area contributed by atoms with Gasteiger partial charge in [-0.25, -0.2) is 4.79 Å². The van der Waals surface area contributed by atoms with E-state index in [9.17, 15) is 9.59 Å². The zero-order valence-electron chi connectivity index (χ0n) is 15.4. The van der Waals surface area contributed by atoms with Gasteiger partial charge in [0.1, 0.15) is 5.75 Å². The maximum atomic E-state index is 12.8. The Morgan fingerprint density at radius 2 is 2.04 bits per heavy atom. The molecule has 2 aromatic rings. The number of carbonyl (C=O) groups excluding carboxylic acids is 2. The van der Waals surface area contributed by atoms with E-state index in [1.807, 2.05) is 42.5 Å². The number of hydrogen-bond donors (Lipinski definition) is 1. The van der Waals surface area contributed by atoms with Crippen LogP contribution in [0.4, 0.5) is 16.2 Å². The molecule has 2 aliphatic heterocycles. The molecule has 4 rings (SSSR count). The van der Waals surface area contributed by atoms with Gasteiger partial charge in [0.05, 0.1) is 13.2 Å². The third kappa shape index (κ3) is 3.47. The summed E-state index contributed by atoms with van der Waals surface area (Å²) in [4.78, 5) is 28.8. The number of urea groups is 1. The normalized spacial score (nSPS) is 19.0. The SMILES string of the molecule is COc1cccc(N2C[C@@H](NC(=O)N3CCCc4ccccc43)CC2=O)c1. The highest BCUT2D eigenvalue weighted by molar-refractivity contribution is 5.98. The lowest BCUT2D eigenvalue weighted by atomic mass is 10.0. The Kier molecular flexibility index (Phi) is 4.71. The van der Waals surface area contributed by atoms with E-state index < -0.39 is 0 Å². The van der Waals surface area contributed by atoms with Crippen molar-refractivity contribution in [3.05, 3.63) is 54.1 Å². The van der Waals surface area contributed by atoms with Crippen LogP contribution in [0.2, 0.25) is 0 Å². The first-order valence-electron chi connectivity index (χ1n) is 9.26. The summed E-state index contributed by atoms with van der Waals surface area (Å²) in [5.74, 6) is 0.713. The second kappa shape index (κ2) is 7.31. The first kappa shape index (κ1) is 17.4. The summed E-state index contributed by atoms with van der Waals surface area (Å²) in [6.45, 7) is 1.16. The number of benzene rings is 2. The molecule has 2 heterocycles. The number of para-hydroxylation sites is 1. The molecule has 1 N–H and O–H groups in total. The largest absolute Gasteiger partial charge is 0.497 e. The van der Waals surface area contributed by atoms with Crippen LogP contribution in [0, 0.1) is 0 Å². The van der Waals surface area contributed by atoms with Gasteiger partial charge in [-0.1, -0.05) is 24.3 Å². The average molecular weight is 365 g/mol. The fraction of sp³-hybridized carbons (Fsp3) is 0.333. The molecule has 6 heteroatoms. The van der Waals surface area contributed by atoms with Crippen molar-refractivity contribution in [2.45, 2.75) is 25.3 Å². The topological polar surface area (TPSA) is 61.9 Å². The summed E-state index contributed by atoms with van der Waals surface area (Å²) in [6, 6.07) is 15.1. The van der Waals surface area contributed by atoms with E-state index in [-0.39, 0.29) is 18.0 Å². The van der Waals surface area contributed by atoms with Crippen molar-refractivity contribution in [1.29, 1.82) is 0 Å². The van der Waals surface area contributed by atoms with Crippen molar-refractivity contribution in [2.75, 3.05) is 30.0 Å². The van der Waals surface area contributed by atoms with Crippen molar-refractivity contribution < 1.29 is 14.3 Å². The monoisotopic (exact) mass is 365 g/mol. The number of amides is 3. The number of nitrogens with one attached hydrogen (secondary N) is 1. The molecule has 0 unspecified atom stereocenters. The number of nitrogens with zero attached hydrogens (tertiary/aromatic N) is 2. The van der Waals surface area contributed by atoms with E-state index in [0.29, 0.717) is 25.3 Å². The van der Waals surface area contributed by atoms with Crippen LogP contribution in [0.3, 0.4) is 0 Å². The van der Waals surface area contributed by atoms with Crippen molar-refractivity contribution in [1.82, 2.24) is 5.32 Å². The number of anilines is 2. The fourth-order valence-electron chi connectivity index (χ4n) is 3.83. The number of aryl methyl sites for hydroxylation is 1. The van der Waals surface area contributed by atoms with Gasteiger partial charge >= 0.3 is 6.03 Å². The molecule has 27 heavy (non-hydrogen) atoms. The highest BCUT2D eigenvalue weighted by Crippen LogP contribution is 2.28. The van der Waals surface area contributed by atoms with Gasteiger partial charge in [0.2, 0.25) is 5.91 Å². The lowest BCUT2D eigenvalue weighted by molar-refractivity contribution is -0.117. The summed E-state index contributed by atoms with van der Waals surface area (Å²) < 4.78 is 5.24. The average Bonchev–Trinajstić information content (AvgIpc) is 3.07. The minimum Gasteiger partial charge on any atom is -0.497 e. The molecule has 0 aliphatic carbocycles. The summed E-state index contributed by atoms with van der Waals surface area (Å²) in [6.07, 6.45) is 2.24. The number of carbonyl (C=O) groups is 2. The van der Waals surface area contributed by atoms with E-state index in [4.69, 9.17) is 4.74 Å². The zero-order chi connectivity index (χ0) is 18.8. The molecule has 0 radical (unpaired) electrons. The van der Waals surface area contributed by atoms with Crippen molar-refractivity contribution in [2.24, 2.45) is 0 Å². The lowest BCUT2D eigenvalue weighted by Gasteiger charge is -2.30. The standard InChI is InChI=1S/C21H23N3O3/c1-27-18-9-4-8-17(13-18)24-14-16(12-20(24)25)22-21(26)23-11-5-7-15-6-2-3-10-19(15)23/h2-4,6,8-10,13,16H,5,7,11-12,14H2,1H3,(H,22,26)/t16-/m0/s1. The molecular formula is C21H23N3O3. The number of methoxy groups -OCH3 is 1. The molecule has 0 aromatic heterocycles. The molecule has 2 aromatic carbocycles. The zero-order valence-corrected chi connectivity index (χ0v) is 15.4. The molecule has 0 saturated carbocycles. The first-order chi connectivity index (χ1) is 13.2. The Morgan fingerprint density at radius 3 is 2.89 bits per heavy atom. The van der Waals surface area contributed by atoms with Gasteiger partial charge in [-0.2, -0.15) is 0 Å². The third-order valence-electron chi connectivity index (χ3n) is 5.17. The molecule has 0 bridgehead atoms. The maximum absolute atomic E-state index is 12.8. The van der Waals surface area contributed by atoms with Gasteiger partial charge < -0.3 is 15.0 Å². The molecule has 6 nitrogen and oxygen atoms in total. The van der Waals surface area contributed by atoms with Gasteiger partial charge in [-0.3, -0.25) is 9.69 Å². The molecule has 1 saturated heterocycles. The van der Waals surface area contributed by atoms with Crippen LogP contribution < -0.4 is 19.9 Å². The van der Waals surface area contributed by atoms with Gasteiger partial charge in [0, 0.05) is 37.0 Å². The summed E-state index contributed by atoms with van der Waals surface area (Å²) >= 11 is 0. The van der Waals surface area contributed by atoms with Crippen LogP contribution in [0.1, 0.15) is 18.4 Å². The van der Waals surface area contributed by atoms with Gasteiger partial charge in [-0.15, -0.1) is 0 Å². The summed E-state index contributed by atoms with van der Waals surface area (Å²) in [5.41, 5.74) is 2.95. The van der Waals surface area contributed by atoms with E-state index in [1.54, 1.807) is 16.9 Å². The van der Waals surface area contributed by atoms with Crippen LogP contribution in [-0.4, -0.2) is 38.2 Å². The van der Waals surface area contributed by atoms with Crippen molar-refractivity contribution >= 4 is 23.3 Å². The van der Waals surface area contributed by atoms with Gasteiger partial charge in [0.15, 0.2) is 0 Å². The minimum atomic E-state index is -0.203. The smallest absolute Gasteiger partial charge is 0.322 e. The van der Waals surface area contributed by atoms with Crippen molar-refractivity contribution in [3.63, 3.8) is 0 Å². The highest BCUT2D eigenvalue weighted by atomic mass is 16.5. The number of fused-ring (bicyclic) bond motifs is 1. The number of ether oxygens (including phenoxy) is 1. The van der Waals surface area contributed by atoms with Gasteiger partial charge in [0.25, 0.3) is 0 Å². The number of hydrogen-bond acceptors (Lipinski definition) is 3. The Labute approximate surface area is 158 Å². The lowest BCUT2D eigenvalue weighted by Crippen LogP contribution is -2.47. The number of rotatable bonds is 3. The van der Waals surface area contributed by atoms with E-state index >= 15 is 0 Å². The van der Waals surface area contributed by atoms with Crippen LogP contribution in [0.25, 0.3) is 0 Å². The maximum Gasteiger partial charge on any atom is 0.322 e. The van der Waals surface area contributed by atoms with E-state index in [0.717, 1.165) is 24.2 Å². The molecule has 0 spiro atoms. The molecule has 1 fully saturated rings. The molecule has 1 atom stereocenters. The Balaban J connectivity index is 1.45. The Morgan fingerprint density at radius 1 is 1.19 bits per heavy atom. The van der Waals surface area contributed by atoms with Crippen molar-refractivity contribution in [3.8, 4) is 5.75 Å². The summed E-state index contributed by atoms with van der Waals surface area (Å²) in [5, 5.41) is 3.04. The third-order valence-corrected chi connectivity index (χ3v) is 5.17. The quantitative estimate of drug-likeness (QED) is 0.910. The van der Waals surface area contributed by atoms with E-state index in [2.05, 4.69) is 11.4 Å². The van der Waals surface area contributed by atoms with E-state index in [1.165, 1.54) is 5.56 Å². The van der Waals surface area contributed by atoms with Crippen LogP contribution in [-0.2, 0) is 11.2 Å². The molecular weight excluding hydrogens is 342 g/mol. The predicted octanol–water partition coefficient (Wildman–Crippen LogP) is 2.96. The minimum absolute atomic E-state index is 0.00703. The molecule has 3 amide bonds.